The second-order valence-corrected chi connectivity index (χ2v) is 6.95. The van der Waals surface area contributed by atoms with Crippen LogP contribution in [0, 0.1) is 13.8 Å². The van der Waals surface area contributed by atoms with Crippen LogP contribution in [0.15, 0.2) is 36.4 Å². The van der Waals surface area contributed by atoms with Gasteiger partial charge in [-0.2, -0.15) is 10.2 Å². The topological polar surface area (TPSA) is 70.1 Å². The molecule has 0 unspecified atom stereocenters. The number of anilines is 1. The molecular weight excluding hydrogens is 340 g/mol. The lowest BCUT2D eigenvalue weighted by molar-refractivity contribution is 0.0741. The minimum absolute atomic E-state index is 0.000609. The molecule has 1 aliphatic heterocycles. The summed E-state index contributed by atoms with van der Waals surface area (Å²) in [6.45, 7) is 7.03. The van der Waals surface area contributed by atoms with Crippen LogP contribution < -0.4 is 4.90 Å². The summed E-state index contributed by atoms with van der Waals surface area (Å²) in [5.41, 5.74) is 5.44. The van der Waals surface area contributed by atoms with Crippen molar-refractivity contribution in [3.8, 4) is 11.3 Å². The van der Waals surface area contributed by atoms with Crippen molar-refractivity contribution in [2.75, 3.05) is 31.1 Å². The second kappa shape index (κ2) is 6.90. The largest absolute Gasteiger partial charge is 0.368 e. The number of hydrogen-bond acceptors (Lipinski definition) is 4. The smallest absolute Gasteiger partial charge is 0.272 e. The van der Waals surface area contributed by atoms with Crippen LogP contribution in [0.25, 0.3) is 11.3 Å². The molecule has 3 heterocycles. The van der Waals surface area contributed by atoms with Crippen molar-refractivity contribution in [3.63, 3.8) is 0 Å². The molecule has 0 atom stereocenters. The average Bonchev–Trinajstić information content (AvgIpc) is 3.26. The maximum atomic E-state index is 12.9. The molecule has 3 aromatic rings. The lowest BCUT2D eigenvalue weighted by atomic mass is 10.1. The molecule has 1 saturated heterocycles. The summed E-state index contributed by atoms with van der Waals surface area (Å²) in [5.74, 6) is 0.000609. The minimum atomic E-state index is 0.000609. The summed E-state index contributed by atoms with van der Waals surface area (Å²) < 4.78 is 1.84. The fraction of sp³-hybridized carbons (Fsp3) is 0.350. The van der Waals surface area contributed by atoms with Gasteiger partial charge in [0.1, 0.15) is 5.69 Å². The van der Waals surface area contributed by atoms with Crippen LogP contribution in [0.3, 0.4) is 0 Å². The Bertz CT molecular complexity index is 950. The van der Waals surface area contributed by atoms with E-state index in [4.69, 9.17) is 0 Å². The zero-order valence-electron chi connectivity index (χ0n) is 15.9. The van der Waals surface area contributed by atoms with Gasteiger partial charge in [-0.3, -0.25) is 14.6 Å². The van der Waals surface area contributed by atoms with E-state index in [0.717, 1.165) is 35.7 Å². The lowest BCUT2D eigenvalue weighted by Crippen LogP contribution is -2.48. The third-order valence-electron chi connectivity index (χ3n) is 5.26. The van der Waals surface area contributed by atoms with Crippen LogP contribution >= 0.6 is 0 Å². The van der Waals surface area contributed by atoms with Gasteiger partial charge in [0.15, 0.2) is 0 Å². The number of nitrogens with zero attached hydrogens (tertiary/aromatic N) is 5. The molecule has 0 radical (unpaired) electrons. The van der Waals surface area contributed by atoms with Crippen molar-refractivity contribution in [2.24, 2.45) is 7.05 Å². The van der Waals surface area contributed by atoms with E-state index in [-0.39, 0.29) is 5.91 Å². The fourth-order valence-corrected chi connectivity index (χ4v) is 3.68. The lowest BCUT2D eigenvalue weighted by Gasteiger charge is -2.35. The van der Waals surface area contributed by atoms with Crippen LogP contribution in [-0.4, -0.2) is 57.0 Å². The van der Waals surface area contributed by atoms with Gasteiger partial charge in [0.25, 0.3) is 5.91 Å². The van der Waals surface area contributed by atoms with Gasteiger partial charge in [-0.25, -0.2) is 0 Å². The number of hydrogen-bond donors (Lipinski definition) is 1. The van der Waals surface area contributed by atoms with Crippen LogP contribution in [0.2, 0.25) is 0 Å². The van der Waals surface area contributed by atoms with E-state index in [1.807, 2.05) is 54.7 Å². The molecule has 1 fully saturated rings. The standard InChI is InChI=1S/C20H24N6O/c1-14-19(15(2)24(3)23-14)17-13-18(22-21-17)20(27)26-11-9-25(10-12-26)16-7-5-4-6-8-16/h4-8,13H,9-12H2,1-3H3,(H,21,22). The number of carbonyl (C=O) groups is 1. The number of para-hydroxylation sites is 1. The number of benzene rings is 1. The first kappa shape index (κ1) is 17.3. The SMILES string of the molecule is Cc1nn(C)c(C)c1-c1cc(C(=O)N2CCN(c3ccccc3)CC2)[nH]n1. The molecule has 1 aromatic carbocycles. The monoisotopic (exact) mass is 364 g/mol. The maximum Gasteiger partial charge on any atom is 0.272 e. The van der Waals surface area contributed by atoms with Crippen LogP contribution in [0.5, 0.6) is 0 Å². The van der Waals surface area contributed by atoms with E-state index in [9.17, 15) is 4.79 Å². The van der Waals surface area contributed by atoms with E-state index in [2.05, 4.69) is 32.3 Å². The van der Waals surface area contributed by atoms with Crippen molar-refractivity contribution in [1.82, 2.24) is 24.9 Å². The van der Waals surface area contributed by atoms with Gasteiger partial charge in [0.2, 0.25) is 0 Å². The van der Waals surface area contributed by atoms with Crippen molar-refractivity contribution in [2.45, 2.75) is 13.8 Å². The quantitative estimate of drug-likeness (QED) is 0.775. The van der Waals surface area contributed by atoms with Crippen molar-refractivity contribution < 1.29 is 4.79 Å². The zero-order chi connectivity index (χ0) is 19.0. The molecular formula is C20H24N6O. The number of carbonyl (C=O) groups excluding carboxylic acids is 1. The molecule has 1 N–H and O–H groups in total. The third kappa shape index (κ3) is 3.20. The molecule has 1 amide bonds. The van der Waals surface area contributed by atoms with Crippen LogP contribution in [-0.2, 0) is 7.05 Å². The van der Waals surface area contributed by atoms with Gasteiger partial charge in [-0.15, -0.1) is 0 Å². The van der Waals surface area contributed by atoms with E-state index in [1.165, 1.54) is 5.69 Å². The highest BCUT2D eigenvalue weighted by Crippen LogP contribution is 2.25. The number of piperazine rings is 1. The first-order valence-corrected chi connectivity index (χ1v) is 9.20. The fourth-order valence-electron chi connectivity index (χ4n) is 3.68. The molecule has 1 aliphatic rings. The molecule has 4 rings (SSSR count). The molecule has 2 aromatic heterocycles. The van der Waals surface area contributed by atoms with Crippen LogP contribution in [0.1, 0.15) is 21.9 Å². The summed E-state index contributed by atoms with van der Waals surface area (Å²) in [7, 11) is 1.91. The minimum Gasteiger partial charge on any atom is -0.368 e. The molecule has 7 nitrogen and oxygen atoms in total. The Morgan fingerprint density at radius 3 is 2.41 bits per heavy atom. The molecule has 7 heteroatoms. The highest BCUT2D eigenvalue weighted by Gasteiger charge is 2.24. The number of amides is 1. The van der Waals surface area contributed by atoms with Gasteiger partial charge in [-0.1, -0.05) is 18.2 Å². The van der Waals surface area contributed by atoms with Gasteiger partial charge in [0, 0.05) is 50.2 Å². The van der Waals surface area contributed by atoms with Gasteiger partial charge in [-0.05, 0) is 32.0 Å². The molecule has 0 saturated carbocycles. The van der Waals surface area contributed by atoms with Gasteiger partial charge >= 0.3 is 0 Å². The molecule has 0 spiro atoms. The first-order chi connectivity index (χ1) is 13.0. The molecule has 140 valence electrons. The first-order valence-electron chi connectivity index (χ1n) is 9.20. The molecule has 0 aliphatic carbocycles. The Morgan fingerprint density at radius 2 is 1.78 bits per heavy atom. The van der Waals surface area contributed by atoms with E-state index in [1.54, 1.807) is 0 Å². The highest BCUT2D eigenvalue weighted by molar-refractivity contribution is 5.93. The Balaban J connectivity index is 1.46. The Kier molecular flexibility index (Phi) is 4.43. The number of nitrogens with one attached hydrogen (secondary N) is 1. The van der Waals surface area contributed by atoms with E-state index in [0.29, 0.717) is 18.8 Å². The predicted molar refractivity (Wildman–Crippen MR) is 105 cm³/mol. The number of aryl methyl sites for hydroxylation is 2. The Hall–Kier alpha value is -3.09. The van der Waals surface area contributed by atoms with Crippen LogP contribution in [0.4, 0.5) is 5.69 Å². The van der Waals surface area contributed by atoms with E-state index >= 15 is 0 Å². The molecule has 27 heavy (non-hydrogen) atoms. The maximum absolute atomic E-state index is 12.9. The highest BCUT2D eigenvalue weighted by atomic mass is 16.2. The van der Waals surface area contributed by atoms with E-state index < -0.39 is 0 Å². The number of rotatable bonds is 3. The summed E-state index contributed by atoms with van der Waals surface area (Å²) in [6.07, 6.45) is 0. The average molecular weight is 364 g/mol. The molecule has 0 bridgehead atoms. The third-order valence-corrected chi connectivity index (χ3v) is 5.26. The Morgan fingerprint density at radius 1 is 1.07 bits per heavy atom. The number of aromatic nitrogens is 4. The summed E-state index contributed by atoms with van der Waals surface area (Å²) >= 11 is 0. The number of aromatic amines is 1. The predicted octanol–water partition coefficient (Wildman–Crippen LogP) is 2.39. The zero-order valence-corrected chi connectivity index (χ0v) is 15.9. The second-order valence-electron chi connectivity index (χ2n) is 6.95. The summed E-state index contributed by atoms with van der Waals surface area (Å²) in [6, 6.07) is 12.2. The normalized spacial score (nSPS) is 14.6. The van der Waals surface area contributed by atoms with Crippen molar-refractivity contribution in [3.05, 3.63) is 53.5 Å². The van der Waals surface area contributed by atoms with Gasteiger partial charge in [0.05, 0.1) is 11.4 Å². The van der Waals surface area contributed by atoms with Crippen molar-refractivity contribution in [1.29, 1.82) is 0 Å². The van der Waals surface area contributed by atoms with Gasteiger partial charge < -0.3 is 9.80 Å². The summed E-state index contributed by atoms with van der Waals surface area (Å²) in [4.78, 5) is 17.1. The number of H-pyrrole nitrogens is 1. The Labute approximate surface area is 158 Å². The summed E-state index contributed by atoms with van der Waals surface area (Å²) in [5, 5.41) is 11.7. The van der Waals surface area contributed by atoms with Crippen molar-refractivity contribution >= 4 is 11.6 Å².